The second-order valence-electron chi connectivity index (χ2n) is 3.77. The van der Waals surface area contributed by atoms with Crippen LogP contribution in [0.25, 0.3) is 0 Å². The molecule has 4 N–H and O–H groups in total. The van der Waals surface area contributed by atoms with Crippen molar-refractivity contribution in [3.8, 4) is 0 Å². The molecule has 0 aliphatic rings. The Morgan fingerprint density at radius 3 is 2.72 bits per heavy atom. The van der Waals surface area contributed by atoms with Crippen LogP contribution in [0.2, 0.25) is 0 Å². The van der Waals surface area contributed by atoms with Crippen LogP contribution in [0.4, 0.5) is 17.3 Å². The van der Waals surface area contributed by atoms with Gasteiger partial charge in [-0.3, -0.25) is 0 Å². The number of para-hydroxylation sites is 1. The Kier molecular flexibility index (Phi) is 3.09. The van der Waals surface area contributed by atoms with Crippen molar-refractivity contribution in [2.45, 2.75) is 6.92 Å². The summed E-state index contributed by atoms with van der Waals surface area (Å²) in [4.78, 5) is 10.9. The fraction of sp³-hybridized carbons (Fsp3) is 0.0833. The number of nitrogens with zero attached hydrogens (tertiary/aromatic N) is 2. The minimum absolute atomic E-state index is 0.0684. The molecule has 18 heavy (non-hydrogen) atoms. The first-order valence-electron chi connectivity index (χ1n) is 5.27. The predicted molar refractivity (Wildman–Crippen MR) is 67.9 cm³/mol. The summed E-state index contributed by atoms with van der Waals surface area (Å²) in [7, 11) is 0. The van der Waals surface area contributed by atoms with Gasteiger partial charge in [0.25, 0.3) is 0 Å². The Bertz CT molecular complexity index is 598. The van der Waals surface area contributed by atoms with Gasteiger partial charge in [-0.2, -0.15) is 0 Å². The third-order valence-electron chi connectivity index (χ3n) is 2.46. The van der Waals surface area contributed by atoms with Gasteiger partial charge < -0.3 is 16.2 Å². The van der Waals surface area contributed by atoms with Gasteiger partial charge in [-0.15, -0.1) is 10.2 Å². The van der Waals surface area contributed by atoms with Gasteiger partial charge in [0.05, 0.1) is 0 Å². The summed E-state index contributed by atoms with van der Waals surface area (Å²) < 4.78 is 0. The van der Waals surface area contributed by atoms with Crippen molar-refractivity contribution in [1.29, 1.82) is 0 Å². The van der Waals surface area contributed by atoms with Gasteiger partial charge in [-0.25, -0.2) is 4.79 Å². The number of benzene rings is 1. The van der Waals surface area contributed by atoms with E-state index in [1.807, 2.05) is 31.2 Å². The highest BCUT2D eigenvalue weighted by Gasteiger charge is 2.11. The van der Waals surface area contributed by atoms with Crippen molar-refractivity contribution < 1.29 is 9.90 Å². The zero-order valence-electron chi connectivity index (χ0n) is 9.71. The third kappa shape index (κ3) is 2.37. The van der Waals surface area contributed by atoms with Crippen LogP contribution in [-0.4, -0.2) is 21.3 Å². The Morgan fingerprint density at radius 2 is 2.06 bits per heavy atom. The van der Waals surface area contributed by atoms with E-state index in [1.165, 1.54) is 6.07 Å². The maximum atomic E-state index is 10.9. The molecule has 0 aliphatic heterocycles. The number of hydrogen-bond donors (Lipinski definition) is 3. The van der Waals surface area contributed by atoms with Crippen LogP contribution in [0, 0.1) is 6.92 Å². The number of anilines is 3. The fourth-order valence-electron chi connectivity index (χ4n) is 1.48. The average Bonchev–Trinajstić information content (AvgIpc) is 2.34. The number of aryl methyl sites for hydroxylation is 1. The number of carboxylic acid groups (broad SMARTS) is 1. The van der Waals surface area contributed by atoms with Gasteiger partial charge in [0.15, 0.2) is 11.6 Å². The number of aromatic nitrogens is 2. The normalized spacial score (nSPS) is 10.1. The molecule has 0 bridgehead atoms. The van der Waals surface area contributed by atoms with E-state index in [9.17, 15) is 4.79 Å². The van der Waals surface area contributed by atoms with E-state index in [-0.39, 0.29) is 11.4 Å². The first-order chi connectivity index (χ1) is 8.58. The van der Waals surface area contributed by atoms with Crippen LogP contribution < -0.4 is 11.1 Å². The molecule has 0 unspecified atom stereocenters. The number of hydrogen-bond acceptors (Lipinski definition) is 5. The molecule has 2 rings (SSSR count). The van der Waals surface area contributed by atoms with Gasteiger partial charge in [0.2, 0.25) is 0 Å². The highest BCUT2D eigenvalue weighted by molar-refractivity contribution is 5.93. The van der Waals surface area contributed by atoms with Gasteiger partial charge in [-0.1, -0.05) is 18.2 Å². The zero-order chi connectivity index (χ0) is 13.1. The lowest BCUT2D eigenvalue weighted by atomic mass is 10.2. The Hall–Kier alpha value is -2.63. The Morgan fingerprint density at radius 1 is 1.33 bits per heavy atom. The van der Waals surface area contributed by atoms with E-state index >= 15 is 0 Å². The quantitative estimate of drug-likeness (QED) is 0.761. The van der Waals surface area contributed by atoms with Gasteiger partial charge in [-0.05, 0) is 18.6 Å². The van der Waals surface area contributed by atoms with Crippen molar-refractivity contribution in [3.63, 3.8) is 0 Å². The number of nitrogens with one attached hydrogen (secondary N) is 1. The van der Waals surface area contributed by atoms with Crippen LogP contribution in [0.1, 0.15) is 15.9 Å². The molecule has 6 nitrogen and oxygen atoms in total. The molecule has 0 radical (unpaired) electrons. The largest absolute Gasteiger partial charge is 0.478 e. The molecule has 0 fully saturated rings. The van der Waals surface area contributed by atoms with E-state index in [4.69, 9.17) is 10.8 Å². The first-order valence-corrected chi connectivity index (χ1v) is 5.27. The second kappa shape index (κ2) is 4.70. The van der Waals surface area contributed by atoms with Gasteiger partial charge >= 0.3 is 5.97 Å². The Labute approximate surface area is 103 Å². The standard InChI is InChI=1S/C12H12N4O2/c1-7-4-2-3-5-9(7)14-10-6-8(12(17)18)11(13)16-15-10/h2-6H,1H3,(H2,13,16)(H,14,15)(H,17,18). The summed E-state index contributed by atoms with van der Waals surface area (Å²) in [5.41, 5.74) is 7.22. The molecule has 0 aliphatic carbocycles. The molecule has 1 aromatic heterocycles. The van der Waals surface area contributed by atoms with E-state index in [2.05, 4.69) is 15.5 Å². The monoisotopic (exact) mass is 244 g/mol. The number of aromatic carboxylic acids is 1. The highest BCUT2D eigenvalue weighted by Crippen LogP contribution is 2.20. The summed E-state index contributed by atoms with van der Waals surface area (Å²) in [6.07, 6.45) is 0. The lowest BCUT2D eigenvalue weighted by Crippen LogP contribution is -2.08. The molecule has 0 saturated carbocycles. The van der Waals surface area contributed by atoms with E-state index in [0.717, 1.165) is 11.3 Å². The summed E-state index contributed by atoms with van der Waals surface area (Å²) in [5.74, 6) is -0.885. The Balaban J connectivity index is 2.33. The molecular weight excluding hydrogens is 232 g/mol. The fourth-order valence-corrected chi connectivity index (χ4v) is 1.48. The number of nitrogens with two attached hydrogens (primary N) is 1. The topological polar surface area (TPSA) is 101 Å². The summed E-state index contributed by atoms with van der Waals surface area (Å²) in [6, 6.07) is 8.95. The van der Waals surface area contributed by atoms with Crippen molar-refractivity contribution >= 4 is 23.3 Å². The molecule has 0 amide bonds. The molecule has 0 spiro atoms. The molecule has 1 heterocycles. The number of rotatable bonds is 3. The number of carboxylic acids is 1. The van der Waals surface area contributed by atoms with Gasteiger partial charge in [0.1, 0.15) is 5.56 Å². The van der Waals surface area contributed by atoms with Crippen LogP contribution in [0.15, 0.2) is 30.3 Å². The molecule has 6 heteroatoms. The molecule has 0 atom stereocenters. The predicted octanol–water partition coefficient (Wildman–Crippen LogP) is 1.81. The zero-order valence-corrected chi connectivity index (χ0v) is 9.71. The van der Waals surface area contributed by atoms with Crippen LogP contribution in [-0.2, 0) is 0 Å². The summed E-state index contributed by atoms with van der Waals surface area (Å²) in [5, 5.41) is 19.4. The summed E-state index contributed by atoms with van der Waals surface area (Å²) >= 11 is 0. The minimum atomic E-state index is -1.13. The van der Waals surface area contributed by atoms with Crippen LogP contribution in [0.3, 0.4) is 0 Å². The van der Waals surface area contributed by atoms with E-state index in [0.29, 0.717) is 5.82 Å². The second-order valence-corrected chi connectivity index (χ2v) is 3.77. The number of nitrogen functional groups attached to an aromatic ring is 1. The minimum Gasteiger partial charge on any atom is -0.478 e. The first kappa shape index (κ1) is 11.8. The molecule has 92 valence electrons. The highest BCUT2D eigenvalue weighted by atomic mass is 16.4. The van der Waals surface area contributed by atoms with Crippen molar-refractivity contribution in [2.24, 2.45) is 0 Å². The SMILES string of the molecule is Cc1ccccc1Nc1cc(C(=O)O)c(N)nn1. The van der Waals surface area contributed by atoms with Crippen LogP contribution in [0.5, 0.6) is 0 Å². The van der Waals surface area contributed by atoms with E-state index < -0.39 is 5.97 Å². The summed E-state index contributed by atoms with van der Waals surface area (Å²) in [6.45, 7) is 1.94. The maximum absolute atomic E-state index is 10.9. The van der Waals surface area contributed by atoms with Gasteiger partial charge in [0, 0.05) is 11.8 Å². The average molecular weight is 244 g/mol. The lowest BCUT2D eigenvalue weighted by Gasteiger charge is -2.08. The number of carbonyl (C=O) groups is 1. The van der Waals surface area contributed by atoms with Crippen molar-refractivity contribution in [3.05, 3.63) is 41.5 Å². The lowest BCUT2D eigenvalue weighted by molar-refractivity contribution is 0.0697. The van der Waals surface area contributed by atoms with E-state index in [1.54, 1.807) is 0 Å². The van der Waals surface area contributed by atoms with Crippen molar-refractivity contribution in [2.75, 3.05) is 11.1 Å². The molecule has 0 saturated heterocycles. The molecule has 2 aromatic rings. The smallest absolute Gasteiger partial charge is 0.339 e. The van der Waals surface area contributed by atoms with Crippen molar-refractivity contribution in [1.82, 2.24) is 10.2 Å². The maximum Gasteiger partial charge on any atom is 0.339 e. The molecular formula is C12H12N4O2. The third-order valence-corrected chi connectivity index (χ3v) is 2.46. The van der Waals surface area contributed by atoms with Crippen LogP contribution >= 0.6 is 0 Å². The molecule has 1 aromatic carbocycles.